The van der Waals surface area contributed by atoms with E-state index in [4.69, 9.17) is 9.97 Å². The van der Waals surface area contributed by atoms with Crippen molar-refractivity contribution in [3.63, 3.8) is 0 Å². The molecule has 0 amide bonds. The van der Waals surface area contributed by atoms with Crippen LogP contribution in [0.15, 0.2) is 275 Å². The van der Waals surface area contributed by atoms with Gasteiger partial charge in [0.05, 0.1) is 22.4 Å². The molecular formula is C77H88N6. The molecule has 0 aliphatic rings. The Morgan fingerprint density at radius 1 is 0.458 bits per heavy atom. The van der Waals surface area contributed by atoms with Gasteiger partial charge in [0.25, 0.3) is 0 Å². The van der Waals surface area contributed by atoms with Gasteiger partial charge >= 0.3 is 0 Å². The number of hydrogen-bond donors (Lipinski definition) is 2. The number of hydrogen-bond acceptors (Lipinski definition) is 5. The van der Waals surface area contributed by atoms with Gasteiger partial charge < -0.3 is 20.1 Å². The summed E-state index contributed by atoms with van der Waals surface area (Å²) in [4.78, 5) is 18.5. The lowest BCUT2D eigenvalue weighted by atomic mass is 10.0. The molecule has 0 radical (unpaired) electrons. The SMILES string of the molecule is C/C=C/N(c1ccccc1)c1ccc(Nc2ccccc2)cc1C.C=CC.C=CC.C=CC.CC.CC.CC.CCc1cccc2nc(-c3ccccc3)c(-c3ccc(N(c4ccccc4)c4ccc5[nH]c6ccccc6c5c4)cc3)nc12. The summed E-state index contributed by atoms with van der Waals surface area (Å²) in [6, 6.07) is 78.1. The van der Waals surface area contributed by atoms with Gasteiger partial charge in [-0.1, -0.05) is 200 Å². The van der Waals surface area contributed by atoms with E-state index in [1.165, 1.54) is 27.6 Å². The lowest BCUT2D eigenvalue weighted by Crippen LogP contribution is -2.09. The predicted octanol–water partition coefficient (Wildman–Crippen LogP) is 23.7. The molecule has 6 heteroatoms. The van der Waals surface area contributed by atoms with Gasteiger partial charge in [0.1, 0.15) is 0 Å². The number of fused-ring (bicyclic) bond motifs is 4. The van der Waals surface area contributed by atoms with Crippen LogP contribution in [0, 0.1) is 6.92 Å². The molecule has 6 nitrogen and oxygen atoms in total. The summed E-state index contributed by atoms with van der Waals surface area (Å²) in [5.41, 5.74) is 18.3. The highest BCUT2D eigenvalue weighted by Gasteiger charge is 2.18. The zero-order chi connectivity index (χ0) is 60.4. The Morgan fingerprint density at radius 2 is 0.952 bits per heavy atom. The van der Waals surface area contributed by atoms with Gasteiger partial charge in [0, 0.05) is 78.9 Å². The van der Waals surface area contributed by atoms with Gasteiger partial charge in [-0.3, -0.25) is 0 Å². The Bertz CT molecular complexity index is 3630. The second-order valence-corrected chi connectivity index (χ2v) is 17.9. The molecule has 83 heavy (non-hydrogen) atoms. The maximum absolute atomic E-state index is 5.26. The van der Waals surface area contributed by atoms with Crippen molar-refractivity contribution in [1.29, 1.82) is 0 Å². The van der Waals surface area contributed by atoms with Crippen LogP contribution in [0.3, 0.4) is 0 Å². The molecule has 11 rings (SSSR count). The number of nitrogens with zero attached hydrogens (tertiary/aromatic N) is 4. The fraction of sp³-hybridized carbons (Fsp3) is 0.169. The first kappa shape index (κ1) is 66.0. The lowest BCUT2D eigenvalue weighted by Gasteiger charge is -2.26. The second kappa shape index (κ2) is 36.7. The summed E-state index contributed by atoms with van der Waals surface area (Å²) in [5, 5.41) is 5.88. The number of anilines is 7. The Morgan fingerprint density at radius 3 is 1.53 bits per heavy atom. The molecular weight excluding hydrogens is 1010 g/mol. The summed E-state index contributed by atoms with van der Waals surface area (Å²) in [5.74, 6) is 0. The fourth-order valence-electron chi connectivity index (χ4n) is 8.92. The summed E-state index contributed by atoms with van der Waals surface area (Å²) in [7, 11) is 0. The smallest absolute Gasteiger partial charge is 0.0973 e. The van der Waals surface area contributed by atoms with E-state index in [1.54, 1.807) is 18.2 Å². The Kier molecular flexibility index (Phi) is 29.2. The molecule has 0 saturated carbocycles. The van der Waals surface area contributed by atoms with Crippen molar-refractivity contribution >= 4 is 72.7 Å². The minimum atomic E-state index is 0.891. The molecule has 0 aliphatic heterocycles. The number of para-hydroxylation sites is 5. The molecule has 2 N–H and O–H groups in total. The normalized spacial score (nSPS) is 9.83. The van der Waals surface area contributed by atoms with Crippen molar-refractivity contribution in [3.8, 4) is 22.5 Å². The van der Waals surface area contributed by atoms with Crippen molar-refractivity contribution < 1.29 is 0 Å². The molecule has 0 fully saturated rings. The van der Waals surface area contributed by atoms with Crippen LogP contribution in [-0.4, -0.2) is 15.0 Å². The zero-order valence-electron chi connectivity index (χ0n) is 51.4. The van der Waals surface area contributed by atoms with E-state index >= 15 is 0 Å². The van der Waals surface area contributed by atoms with Gasteiger partial charge in [-0.05, 0) is 149 Å². The number of rotatable bonds is 11. The molecule has 11 aromatic rings. The van der Waals surface area contributed by atoms with Crippen molar-refractivity contribution in [3.05, 3.63) is 286 Å². The third-order valence-electron chi connectivity index (χ3n) is 12.2. The molecule has 0 bridgehead atoms. The van der Waals surface area contributed by atoms with E-state index in [9.17, 15) is 0 Å². The summed E-state index contributed by atoms with van der Waals surface area (Å²) in [6.07, 6.45) is 10.3. The van der Waals surface area contributed by atoms with Crippen LogP contribution in [0.1, 0.15) is 87.3 Å². The minimum absolute atomic E-state index is 0.891. The third-order valence-corrected chi connectivity index (χ3v) is 12.2. The largest absolute Gasteiger partial charge is 0.356 e. The summed E-state index contributed by atoms with van der Waals surface area (Å²) < 4.78 is 0. The van der Waals surface area contributed by atoms with Crippen LogP contribution in [0.4, 0.5) is 39.8 Å². The number of aromatic amines is 1. The number of allylic oxidation sites excluding steroid dienone is 4. The number of benzene rings is 9. The minimum Gasteiger partial charge on any atom is -0.356 e. The fourth-order valence-corrected chi connectivity index (χ4v) is 8.92. The maximum atomic E-state index is 5.26. The first-order valence-corrected chi connectivity index (χ1v) is 29.2. The van der Waals surface area contributed by atoms with E-state index in [-0.39, 0.29) is 0 Å². The number of nitrogens with one attached hydrogen (secondary N) is 2. The Labute approximate surface area is 498 Å². The predicted molar refractivity (Wildman–Crippen MR) is 370 cm³/mol. The maximum Gasteiger partial charge on any atom is 0.0973 e. The molecule has 2 heterocycles. The van der Waals surface area contributed by atoms with Gasteiger partial charge in [0.2, 0.25) is 0 Å². The quantitative estimate of drug-likeness (QED) is 0.126. The van der Waals surface area contributed by atoms with Gasteiger partial charge in [-0.15, -0.1) is 19.7 Å². The van der Waals surface area contributed by atoms with Crippen molar-refractivity contribution in [2.75, 3.05) is 15.1 Å². The number of aromatic nitrogens is 3. The highest BCUT2D eigenvalue weighted by molar-refractivity contribution is 6.08. The van der Waals surface area contributed by atoms with E-state index in [0.29, 0.717) is 0 Å². The van der Waals surface area contributed by atoms with Gasteiger partial charge in [-0.25, -0.2) is 9.97 Å². The van der Waals surface area contributed by atoms with Crippen LogP contribution in [-0.2, 0) is 6.42 Å². The molecule has 426 valence electrons. The van der Waals surface area contributed by atoms with E-state index in [0.717, 1.165) is 85.1 Å². The monoisotopic (exact) mass is 1100 g/mol. The van der Waals surface area contributed by atoms with Gasteiger partial charge in [0.15, 0.2) is 0 Å². The molecule has 0 aliphatic carbocycles. The average Bonchev–Trinajstić information content (AvgIpc) is 4.12. The molecule has 2 aromatic heterocycles. The molecule has 0 saturated heterocycles. The Hall–Kier alpha value is -9.52. The van der Waals surface area contributed by atoms with Crippen LogP contribution in [0.5, 0.6) is 0 Å². The van der Waals surface area contributed by atoms with Gasteiger partial charge in [-0.2, -0.15) is 0 Å². The first-order chi connectivity index (χ1) is 40.8. The third kappa shape index (κ3) is 18.2. The van der Waals surface area contributed by atoms with Crippen molar-refractivity contribution in [1.82, 2.24) is 15.0 Å². The van der Waals surface area contributed by atoms with Crippen LogP contribution in [0.2, 0.25) is 0 Å². The highest BCUT2D eigenvalue weighted by atomic mass is 15.1. The molecule has 0 unspecified atom stereocenters. The van der Waals surface area contributed by atoms with E-state index in [1.807, 2.05) is 99.6 Å². The average molecular weight is 1100 g/mol. The first-order valence-electron chi connectivity index (χ1n) is 29.2. The topological polar surface area (TPSA) is 60.1 Å². The van der Waals surface area contributed by atoms with Crippen molar-refractivity contribution in [2.45, 2.75) is 89.5 Å². The second-order valence-electron chi connectivity index (χ2n) is 17.9. The molecule has 0 atom stereocenters. The molecule has 0 spiro atoms. The highest BCUT2D eigenvalue weighted by Crippen LogP contribution is 2.40. The number of H-pyrrole nitrogens is 1. The Balaban J connectivity index is 0.000000320. The van der Waals surface area contributed by atoms with E-state index < -0.39 is 0 Å². The van der Waals surface area contributed by atoms with Crippen molar-refractivity contribution in [2.24, 2.45) is 0 Å². The standard InChI is InChI=1S/C40H30N4.C22H22N2.3C3H6.3C2H6/c1-2-27-14-11-19-37-38(27)43-40(39(42-37)28-12-5-3-6-13-28)29-20-22-31(23-21-29)44(30-15-7-4-8-16-30)32-24-25-36-34(26-32)33-17-9-10-18-35(33)41-36;1-3-16-24(21-12-8-5-9-13-21)22-15-14-20(17-18(22)2)23-19-10-6-4-7-11-19;3*1-3-2;3*1-2/h3-26,41H,2H2,1H3;3-17,23H,1-2H3;3*3H,1H2,2H3;3*1-2H3/b;16-3+;;;;;;. The molecule has 9 aromatic carbocycles. The van der Waals surface area contributed by atoms with Crippen LogP contribution in [0.25, 0.3) is 55.4 Å². The van der Waals surface area contributed by atoms with E-state index in [2.05, 4.69) is 260 Å². The van der Waals surface area contributed by atoms with Crippen LogP contribution < -0.4 is 15.1 Å². The summed E-state index contributed by atoms with van der Waals surface area (Å²) in [6.45, 7) is 34.1. The lowest BCUT2D eigenvalue weighted by molar-refractivity contribution is 1.14. The summed E-state index contributed by atoms with van der Waals surface area (Å²) >= 11 is 0. The van der Waals surface area contributed by atoms with Crippen LogP contribution >= 0.6 is 0 Å². The number of aryl methyl sites for hydroxylation is 2. The zero-order valence-corrected chi connectivity index (χ0v) is 51.4.